The van der Waals surface area contributed by atoms with Crippen molar-refractivity contribution >= 4 is 39.0 Å². The molecule has 7 aromatic carbocycles. The highest BCUT2D eigenvalue weighted by Gasteiger charge is 2.39. The van der Waals surface area contributed by atoms with Gasteiger partial charge in [0.1, 0.15) is 11.2 Å². The van der Waals surface area contributed by atoms with E-state index in [0.717, 1.165) is 33.6 Å². The topological polar surface area (TPSA) is 16.4 Å². The third-order valence-corrected chi connectivity index (χ3v) is 11.5. The number of rotatable bonds is 4. The van der Waals surface area contributed by atoms with Crippen molar-refractivity contribution in [2.75, 3.05) is 4.90 Å². The molecule has 0 radical (unpaired) electrons. The standard InChI is InChI=1S/C48H37NO/c1-47(2)38-17-10-8-15-34(38)36-26-25-33(29-40(36)47)49(32-23-21-31(22-24-32)30-13-6-5-7-14-30)41-19-12-20-42-44(41)45-43(50-42)28-27-37-35-16-9-11-18-39(35)48(3,4)46(37)45/h5-29H,1-4H3. The molecule has 0 N–H and O–H groups in total. The van der Waals surface area contributed by atoms with E-state index in [0.29, 0.717) is 0 Å². The maximum Gasteiger partial charge on any atom is 0.137 e. The molecular weight excluding hydrogens is 607 g/mol. The molecule has 0 atom stereocenters. The highest BCUT2D eigenvalue weighted by atomic mass is 16.3. The molecule has 10 rings (SSSR count). The molecular formula is C48H37NO. The number of nitrogens with zero attached hydrogens (tertiary/aromatic N) is 1. The van der Waals surface area contributed by atoms with Crippen molar-refractivity contribution in [1.29, 1.82) is 0 Å². The Morgan fingerprint density at radius 3 is 1.76 bits per heavy atom. The van der Waals surface area contributed by atoms with Crippen LogP contribution in [0.15, 0.2) is 156 Å². The van der Waals surface area contributed by atoms with Gasteiger partial charge in [-0.3, -0.25) is 0 Å². The van der Waals surface area contributed by atoms with Crippen molar-refractivity contribution in [1.82, 2.24) is 0 Å². The van der Waals surface area contributed by atoms with Gasteiger partial charge in [-0.1, -0.05) is 137 Å². The van der Waals surface area contributed by atoms with Crippen LogP contribution < -0.4 is 4.90 Å². The minimum atomic E-state index is -0.180. The van der Waals surface area contributed by atoms with Crippen LogP contribution in [0.3, 0.4) is 0 Å². The molecule has 1 aromatic heterocycles. The lowest BCUT2D eigenvalue weighted by atomic mass is 9.80. The van der Waals surface area contributed by atoms with Crippen LogP contribution >= 0.6 is 0 Å². The number of furan rings is 1. The van der Waals surface area contributed by atoms with Gasteiger partial charge >= 0.3 is 0 Å². The lowest BCUT2D eigenvalue weighted by molar-refractivity contribution is 0.657. The van der Waals surface area contributed by atoms with Crippen molar-refractivity contribution in [3.05, 3.63) is 174 Å². The Balaban J connectivity index is 1.24. The van der Waals surface area contributed by atoms with Crippen LogP contribution in [0.4, 0.5) is 17.1 Å². The number of hydrogen-bond acceptors (Lipinski definition) is 2. The van der Waals surface area contributed by atoms with Crippen molar-refractivity contribution in [3.63, 3.8) is 0 Å². The fraction of sp³-hybridized carbons (Fsp3) is 0.125. The zero-order chi connectivity index (χ0) is 33.8. The highest BCUT2D eigenvalue weighted by molar-refractivity contribution is 6.17. The van der Waals surface area contributed by atoms with E-state index in [4.69, 9.17) is 4.42 Å². The highest BCUT2D eigenvalue weighted by Crippen LogP contribution is 2.55. The molecule has 0 saturated carbocycles. The second-order valence-electron chi connectivity index (χ2n) is 14.9. The van der Waals surface area contributed by atoms with Crippen molar-refractivity contribution in [2.45, 2.75) is 38.5 Å². The van der Waals surface area contributed by atoms with Gasteiger partial charge < -0.3 is 9.32 Å². The Hall–Kier alpha value is -5.86. The first-order chi connectivity index (χ1) is 24.3. The van der Waals surface area contributed by atoms with Gasteiger partial charge in [-0.25, -0.2) is 0 Å². The van der Waals surface area contributed by atoms with E-state index >= 15 is 0 Å². The molecule has 0 fully saturated rings. The molecule has 1 heterocycles. The largest absolute Gasteiger partial charge is 0.456 e. The van der Waals surface area contributed by atoms with Crippen LogP contribution in [0.5, 0.6) is 0 Å². The minimum Gasteiger partial charge on any atom is -0.456 e. The van der Waals surface area contributed by atoms with E-state index in [-0.39, 0.29) is 10.8 Å². The Bertz CT molecular complexity index is 2640. The average Bonchev–Trinajstić information content (AvgIpc) is 3.72. The first-order valence-corrected chi connectivity index (χ1v) is 17.6. The molecule has 8 aromatic rings. The Morgan fingerprint density at radius 2 is 1.00 bits per heavy atom. The maximum atomic E-state index is 6.73. The predicted molar refractivity (Wildman–Crippen MR) is 209 cm³/mol. The van der Waals surface area contributed by atoms with E-state index in [1.165, 1.54) is 61.0 Å². The molecule has 50 heavy (non-hydrogen) atoms. The van der Waals surface area contributed by atoms with E-state index in [1.807, 2.05) is 0 Å². The summed E-state index contributed by atoms with van der Waals surface area (Å²) < 4.78 is 6.73. The molecule has 2 nitrogen and oxygen atoms in total. The third kappa shape index (κ3) is 3.96. The van der Waals surface area contributed by atoms with Gasteiger partial charge in [-0.05, 0) is 98.1 Å². The first-order valence-electron chi connectivity index (χ1n) is 17.6. The molecule has 240 valence electrons. The minimum absolute atomic E-state index is 0.115. The maximum absolute atomic E-state index is 6.73. The SMILES string of the molecule is CC1(C)c2ccccc2-c2ccc(N(c3ccc(-c4ccccc4)cc3)c3cccc4oc5ccc6c(c5c34)C(C)(C)c3ccccc3-6)cc21. The van der Waals surface area contributed by atoms with Crippen LogP contribution in [0.2, 0.25) is 0 Å². The monoisotopic (exact) mass is 643 g/mol. The van der Waals surface area contributed by atoms with E-state index in [9.17, 15) is 0 Å². The summed E-state index contributed by atoms with van der Waals surface area (Å²) in [6, 6.07) is 55.4. The molecule has 0 amide bonds. The van der Waals surface area contributed by atoms with E-state index < -0.39 is 0 Å². The fourth-order valence-corrected chi connectivity index (χ4v) is 9.04. The lowest BCUT2D eigenvalue weighted by Crippen LogP contribution is -2.17. The van der Waals surface area contributed by atoms with Gasteiger partial charge in [-0.2, -0.15) is 0 Å². The summed E-state index contributed by atoms with van der Waals surface area (Å²) in [5, 5.41) is 2.35. The average molecular weight is 644 g/mol. The summed E-state index contributed by atoms with van der Waals surface area (Å²) in [5.41, 5.74) is 18.0. The molecule has 0 aliphatic heterocycles. The van der Waals surface area contributed by atoms with Crippen molar-refractivity contribution in [3.8, 4) is 33.4 Å². The normalized spacial score (nSPS) is 14.7. The molecule has 0 saturated heterocycles. The molecule has 0 unspecified atom stereocenters. The van der Waals surface area contributed by atoms with Crippen LogP contribution in [0, 0.1) is 0 Å². The van der Waals surface area contributed by atoms with Gasteiger partial charge in [0.25, 0.3) is 0 Å². The van der Waals surface area contributed by atoms with Gasteiger partial charge in [0.05, 0.1) is 11.1 Å². The number of fused-ring (bicyclic) bond motifs is 10. The number of benzene rings is 7. The number of hydrogen-bond donors (Lipinski definition) is 0. The zero-order valence-corrected chi connectivity index (χ0v) is 28.8. The molecule has 2 aliphatic carbocycles. The van der Waals surface area contributed by atoms with Gasteiger partial charge in [0.15, 0.2) is 0 Å². The van der Waals surface area contributed by atoms with Crippen LogP contribution in [-0.4, -0.2) is 0 Å². The van der Waals surface area contributed by atoms with E-state index in [1.54, 1.807) is 0 Å². The fourth-order valence-electron chi connectivity index (χ4n) is 9.04. The van der Waals surface area contributed by atoms with Crippen LogP contribution in [-0.2, 0) is 10.8 Å². The summed E-state index contributed by atoms with van der Waals surface area (Å²) in [4.78, 5) is 2.44. The van der Waals surface area contributed by atoms with Gasteiger partial charge in [-0.15, -0.1) is 0 Å². The van der Waals surface area contributed by atoms with Crippen LogP contribution in [0.1, 0.15) is 49.9 Å². The summed E-state index contributed by atoms with van der Waals surface area (Å²) in [6.07, 6.45) is 0. The smallest absolute Gasteiger partial charge is 0.137 e. The summed E-state index contributed by atoms with van der Waals surface area (Å²) >= 11 is 0. The Kier molecular flexibility index (Phi) is 6.01. The molecule has 0 spiro atoms. The Morgan fingerprint density at radius 1 is 0.420 bits per heavy atom. The predicted octanol–water partition coefficient (Wildman–Crippen LogP) is 13.3. The summed E-state index contributed by atoms with van der Waals surface area (Å²) in [6.45, 7) is 9.43. The Labute approximate surface area is 293 Å². The summed E-state index contributed by atoms with van der Waals surface area (Å²) in [5.74, 6) is 0. The number of anilines is 3. The van der Waals surface area contributed by atoms with E-state index in [2.05, 4.69) is 184 Å². The second-order valence-corrected chi connectivity index (χ2v) is 14.9. The lowest BCUT2D eigenvalue weighted by Gasteiger charge is -2.29. The molecule has 2 aliphatic rings. The second kappa shape index (κ2) is 10.3. The quantitative estimate of drug-likeness (QED) is 0.190. The third-order valence-electron chi connectivity index (χ3n) is 11.5. The van der Waals surface area contributed by atoms with Crippen LogP contribution in [0.25, 0.3) is 55.3 Å². The summed E-state index contributed by atoms with van der Waals surface area (Å²) in [7, 11) is 0. The zero-order valence-electron chi connectivity index (χ0n) is 28.8. The molecule has 0 bridgehead atoms. The van der Waals surface area contributed by atoms with Crippen molar-refractivity contribution in [2.24, 2.45) is 0 Å². The first kappa shape index (κ1) is 29.1. The van der Waals surface area contributed by atoms with Gasteiger partial charge in [0.2, 0.25) is 0 Å². The van der Waals surface area contributed by atoms with Gasteiger partial charge in [0, 0.05) is 27.6 Å². The molecule has 2 heteroatoms. The van der Waals surface area contributed by atoms with Crippen molar-refractivity contribution < 1.29 is 4.42 Å².